The zero-order valence-electron chi connectivity index (χ0n) is 17.7. The van der Waals surface area contributed by atoms with Crippen molar-refractivity contribution in [3.63, 3.8) is 0 Å². The first kappa shape index (κ1) is 21.5. The maximum atomic E-state index is 15.1. The number of hydrogen-bond acceptors (Lipinski definition) is 1. The van der Waals surface area contributed by atoms with Crippen LogP contribution in [0.15, 0.2) is 78.9 Å². The van der Waals surface area contributed by atoms with Crippen molar-refractivity contribution >= 4 is 22.4 Å². The van der Waals surface area contributed by atoms with Gasteiger partial charge in [0, 0.05) is 24.1 Å². The van der Waals surface area contributed by atoms with Crippen molar-refractivity contribution in [1.82, 2.24) is 0 Å². The summed E-state index contributed by atoms with van der Waals surface area (Å²) in [5.41, 5.74) is 5.45. The second kappa shape index (κ2) is 10.1. The Morgan fingerprint density at radius 1 is 0.742 bits per heavy atom. The van der Waals surface area contributed by atoms with E-state index in [9.17, 15) is 0 Å². The summed E-state index contributed by atoms with van der Waals surface area (Å²) < 4.78 is 20.3. The number of halogens is 2. The van der Waals surface area contributed by atoms with Crippen LogP contribution in [-0.4, -0.2) is 13.7 Å². The molecule has 0 heterocycles. The molecule has 4 aromatic carbocycles. The number of rotatable bonds is 8. The Morgan fingerprint density at radius 2 is 1.42 bits per heavy atom. The standard InChI is InChI=1S/C28H26ClFO/c1-31-18-2-3-20-4-9-22(10-5-20)24-14-17-27-25(19-24)13-12-23(28(27)30)11-6-21-7-15-26(29)16-8-21/h4-5,7-10,12-17,19H,2-3,6,11,18H2,1H3. The van der Waals surface area contributed by atoms with Crippen LogP contribution in [-0.2, 0) is 24.0 Å². The molecule has 0 spiro atoms. The van der Waals surface area contributed by atoms with Crippen molar-refractivity contribution in [1.29, 1.82) is 0 Å². The molecule has 0 aliphatic carbocycles. The van der Waals surface area contributed by atoms with Gasteiger partial charge in [-0.2, -0.15) is 0 Å². The average Bonchev–Trinajstić information content (AvgIpc) is 2.80. The lowest BCUT2D eigenvalue weighted by molar-refractivity contribution is 0.195. The maximum absolute atomic E-state index is 15.1. The van der Waals surface area contributed by atoms with Gasteiger partial charge in [-0.1, -0.05) is 72.3 Å². The number of hydrogen-bond donors (Lipinski definition) is 0. The van der Waals surface area contributed by atoms with E-state index >= 15 is 4.39 Å². The molecule has 4 rings (SSSR count). The molecule has 0 aliphatic rings. The zero-order chi connectivity index (χ0) is 21.6. The molecule has 0 aliphatic heterocycles. The van der Waals surface area contributed by atoms with Gasteiger partial charge in [0.1, 0.15) is 5.82 Å². The molecule has 0 N–H and O–H groups in total. The number of ether oxygens (including phenoxy) is 1. The minimum Gasteiger partial charge on any atom is -0.385 e. The van der Waals surface area contributed by atoms with E-state index in [1.54, 1.807) is 7.11 Å². The highest BCUT2D eigenvalue weighted by molar-refractivity contribution is 6.30. The minimum atomic E-state index is -0.119. The second-order valence-corrected chi connectivity index (χ2v) is 8.33. The van der Waals surface area contributed by atoms with Gasteiger partial charge in [0.25, 0.3) is 0 Å². The van der Waals surface area contributed by atoms with Gasteiger partial charge in [-0.3, -0.25) is 0 Å². The van der Waals surface area contributed by atoms with Crippen LogP contribution in [0.25, 0.3) is 21.9 Å². The molecule has 0 aromatic heterocycles. The molecule has 0 saturated heterocycles. The van der Waals surface area contributed by atoms with Crippen molar-refractivity contribution in [3.8, 4) is 11.1 Å². The van der Waals surface area contributed by atoms with Crippen molar-refractivity contribution in [2.45, 2.75) is 25.7 Å². The molecule has 158 valence electrons. The maximum Gasteiger partial charge on any atom is 0.134 e. The first-order valence-corrected chi connectivity index (χ1v) is 11.1. The van der Waals surface area contributed by atoms with E-state index in [2.05, 4.69) is 30.3 Å². The lowest BCUT2D eigenvalue weighted by Crippen LogP contribution is -1.96. The van der Waals surface area contributed by atoms with Crippen molar-refractivity contribution in [3.05, 3.63) is 106 Å². The molecule has 0 radical (unpaired) electrons. The summed E-state index contributed by atoms with van der Waals surface area (Å²) in [5, 5.41) is 2.32. The SMILES string of the molecule is COCCCc1ccc(-c2ccc3c(F)c(CCc4ccc(Cl)cc4)ccc3c2)cc1. The number of aryl methyl sites for hydroxylation is 3. The quantitative estimate of drug-likeness (QED) is 0.259. The van der Waals surface area contributed by atoms with Crippen LogP contribution >= 0.6 is 11.6 Å². The zero-order valence-corrected chi connectivity index (χ0v) is 18.5. The molecule has 1 nitrogen and oxygen atoms in total. The third-order valence-corrected chi connectivity index (χ3v) is 5.98. The third-order valence-electron chi connectivity index (χ3n) is 5.73. The highest BCUT2D eigenvalue weighted by Crippen LogP contribution is 2.28. The Labute approximate surface area is 188 Å². The lowest BCUT2D eigenvalue weighted by Gasteiger charge is -2.10. The van der Waals surface area contributed by atoms with E-state index in [4.69, 9.17) is 16.3 Å². The summed E-state index contributed by atoms with van der Waals surface area (Å²) in [6.45, 7) is 0.777. The summed E-state index contributed by atoms with van der Waals surface area (Å²) in [7, 11) is 1.73. The van der Waals surface area contributed by atoms with E-state index in [-0.39, 0.29) is 5.82 Å². The summed E-state index contributed by atoms with van der Waals surface area (Å²) in [6, 6.07) is 26.3. The van der Waals surface area contributed by atoms with Gasteiger partial charge in [-0.25, -0.2) is 4.39 Å². The van der Waals surface area contributed by atoms with E-state index in [0.29, 0.717) is 11.8 Å². The first-order chi connectivity index (χ1) is 15.1. The Bertz CT molecular complexity index is 1150. The Hall–Kier alpha value is -2.68. The van der Waals surface area contributed by atoms with Gasteiger partial charge in [-0.05, 0) is 77.1 Å². The topological polar surface area (TPSA) is 9.23 Å². The van der Waals surface area contributed by atoms with Gasteiger partial charge >= 0.3 is 0 Å². The fourth-order valence-corrected chi connectivity index (χ4v) is 4.05. The fraction of sp³-hybridized carbons (Fsp3) is 0.214. The molecular weight excluding hydrogens is 407 g/mol. The van der Waals surface area contributed by atoms with Crippen LogP contribution in [0.2, 0.25) is 5.02 Å². The molecular formula is C28H26ClFO. The Balaban J connectivity index is 1.50. The summed E-state index contributed by atoms with van der Waals surface area (Å²) in [6.07, 6.45) is 3.48. The normalized spacial score (nSPS) is 11.2. The van der Waals surface area contributed by atoms with Crippen molar-refractivity contribution in [2.75, 3.05) is 13.7 Å². The molecule has 0 saturated carbocycles. The second-order valence-electron chi connectivity index (χ2n) is 7.89. The van der Waals surface area contributed by atoms with Crippen LogP contribution in [0.4, 0.5) is 4.39 Å². The number of benzene rings is 4. The lowest BCUT2D eigenvalue weighted by atomic mass is 9.96. The summed E-state index contributed by atoms with van der Waals surface area (Å²) in [4.78, 5) is 0. The van der Waals surface area contributed by atoms with E-state index < -0.39 is 0 Å². The predicted octanol–water partition coefficient (Wildman–Crippen LogP) is 7.66. The molecule has 0 fully saturated rings. The Kier molecular flexibility index (Phi) is 7.01. The third kappa shape index (κ3) is 5.33. The van der Waals surface area contributed by atoms with Crippen LogP contribution < -0.4 is 0 Å². The number of methoxy groups -OCH3 is 1. The van der Waals surface area contributed by atoms with Gasteiger partial charge in [-0.15, -0.1) is 0 Å². The van der Waals surface area contributed by atoms with Crippen LogP contribution in [0, 0.1) is 5.82 Å². The summed E-state index contributed by atoms with van der Waals surface area (Å²) >= 11 is 5.95. The van der Waals surface area contributed by atoms with Gasteiger partial charge in [0.15, 0.2) is 0 Å². The summed E-state index contributed by atoms with van der Waals surface area (Å²) in [5.74, 6) is -0.119. The molecule has 31 heavy (non-hydrogen) atoms. The van der Waals surface area contributed by atoms with E-state index in [1.165, 1.54) is 5.56 Å². The smallest absolute Gasteiger partial charge is 0.134 e. The van der Waals surface area contributed by atoms with Crippen LogP contribution in [0.1, 0.15) is 23.1 Å². The molecule has 0 amide bonds. The van der Waals surface area contributed by atoms with Crippen LogP contribution in [0.5, 0.6) is 0 Å². The first-order valence-electron chi connectivity index (χ1n) is 10.7. The molecule has 0 atom stereocenters. The van der Waals surface area contributed by atoms with Gasteiger partial charge < -0.3 is 4.74 Å². The van der Waals surface area contributed by atoms with Crippen molar-refractivity contribution in [2.24, 2.45) is 0 Å². The largest absolute Gasteiger partial charge is 0.385 e. The van der Waals surface area contributed by atoms with Gasteiger partial charge in [0.2, 0.25) is 0 Å². The highest BCUT2D eigenvalue weighted by atomic mass is 35.5. The molecule has 3 heteroatoms. The minimum absolute atomic E-state index is 0.119. The molecule has 0 bridgehead atoms. The fourth-order valence-electron chi connectivity index (χ4n) is 3.92. The van der Waals surface area contributed by atoms with Gasteiger partial charge in [0.05, 0.1) is 0 Å². The number of fused-ring (bicyclic) bond motifs is 1. The van der Waals surface area contributed by atoms with Crippen molar-refractivity contribution < 1.29 is 9.13 Å². The van der Waals surface area contributed by atoms with E-state index in [1.807, 2.05) is 48.5 Å². The average molecular weight is 433 g/mol. The Morgan fingerprint density at radius 3 is 2.16 bits per heavy atom. The highest BCUT2D eigenvalue weighted by Gasteiger charge is 2.09. The van der Waals surface area contributed by atoms with E-state index in [0.717, 1.165) is 58.5 Å². The monoisotopic (exact) mass is 432 g/mol. The molecule has 0 unspecified atom stereocenters. The molecule has 4 aromatic rings. The van der Waals surface area contributed by atoms with Crippen LogP contribution in [0.3, 0.4) is 0 Å². The predicted molar refractivity (Wildman–Crippen MR) is 128 cm³/mol.